The van der Waals surface area contributed by atoms with Gasteiger partial charge in [0.05, 0.1) is 34.3 Å². The Balaban J connectivity index is 0.00000312. The monoisotopic (exact) mass is 618 g/mol. The molecule has 0 radical (unpaired) electrons. The van der Waals surface area contributed by atoms with Gasteiger partial charge in [-0.25, -0.2) is 0 Å². The molecule has 0 bridgehead atoms. The molecule has 3 aliphatic heterocycles. The molecule has 5 aromatic rings. The molecule has 5 atom stereocenters. The third-order valence-electron chi connectivity index (χ3n) is 9.91. The summed E-state index contributed by atoms with van der Waals surface area (Å²) in [7, 11) is 1.51. The van der Waals surface area contributed by atoms with E-state index in [1.807, 2.05) is 48.5 Å². The molecule has 10 nitrogen and oxygen atoms in total. The van der Waals surface area contributed by atoms with Gasteiger partial charge in [0.2, 0.25) is 0 Å². The van der Waals surface area contributed by atoms with Crippen molar-refractivity contribution in [2.24, 2.45) is 0 Å². The lowest BCUT2D eigenvalue weighted by Crippen LogP contribution is -2.55. The van der Waals surface area contributed by atoms with Gasteiger partial charge in [-0.05, 0) is 25.2 Å². The Bertz CT molecular complexity index is 1980. The summed E-state index contributed by atoms with van der Waals surface area (Å²) in [5.74, 6) is -0.570. The number of aliphatic hydroxyl groups is 2. The van der Waals surface area contributed by atoms with Crippen molar-refractivity contribution in [3.8, 4) is 0 Å². The number of ether oxygens (including phenoxy) is 2. The van der Waals surface area contributed by atoms with Crippen LogP contribution in [0.4, 0.5) is 0 Å². The Morgan fingerprint density at radius 1 is 0.886 bits per heavy atom. The number of amides is 2. The van der Waals surface area contributed by atoms with E-state index in [1.165, 1.54) is 12.0 Å². The summed E-state index contributed by atoms with van der Waals surface area (Å²) in [5.41, 5.74) is 4.10. The maximum Gasteiger partial charge on any atom is 0.262 e. The summed E-state index contributed by atoms with van der Waals surface area (Å²) in [4.78, 5) is 32.3. The number of fused-ring (bicyclic) bond motifs is 12. The molecule has 11 heteroatoms. The van der Waals surface area contributed by atoms with Crippen LogP contribution < -0.4 is 0 Å². The number of rotatable bonds is 7. The van der Waals surface area contributed by atoms with Gasteiger partial charge in [0.15, 0.2) is 6.23 Å². The second kappa shape index (κ2) is 10.5. The average Bonchev–Trinajstić information content (AvgIpc) is 3.63. The maximum absolute atomic E-state index is 14.3. The normalized spacial score (nSPS) is 24.3. The number of hydrogen-bond acceptors (Lipinski definition) is 7. The lowest BCUT2D eigenvalue weighted by molar-refractivity contribution is -0.231. The highest BCUT2D eigenvalue weighted by Gasteiger charge is 2.52. The van der Waals surface area contributed by atoms with Crippen molar-refractivity contribution >= 4 is 67.8 Å². The first-order valence-corrected chi connectivity index (χ1v) is 15.0. The van der Waals surface area contributed by atoms with Crippen molar-refractivity contribution in [3.05, 3.63) is 59.7 Å². The standard InChI is InChI=1S/C33H34N4O6.ClH/c1-4-34(5-2)14-15-35-31(40)24-22-17-10-6-8-12-19(17)36-26(22)27-23(25(24)32(35)41)18-11-7-9-13-20(18)37(27)33-28(36)29(39)30(42-3)21(16-38)43-33;/h6-13,21,28-30,33,38-39H,4-5,14-16H2,1-3H3;1H/t21-,28+,29-,30-,33-;/m1./s1. The van der Waals surface area contributed by atoms with Gasteiger partial charge >= 0.3 is 0 Å². The van der Waals surface area contributed by atoms with Crippen molar-refractivity contribution in [1.29, 1.82) is 0 Å². The third kappa shape index (κ3) is 3.55. The quantitative estimate of drug-likeness (QED) is 0.265. The predicted molar refractivity (Wildman–Crippen MR) is 170 cm³/mol. The number of para-hydroxylation sites is 2. The molecule has 44 heavy (non-hydrogen) atoms. The molecule has 1 fully saturated rings. The van der Waals surface area contributed by atoms with E-state index in [-0.39, 0.29) is 30.8 Å². The summed E-state index contributed by atoms with van der Waals surface area (Å²) in [6, 6.07) is 15.0. The fourth-order valence-corrected chi connectivity index (χ4v) is 7.95. The van der Waals surface area contributed by atoms with Crippen molar-refractivity contribution in [1.82, 2.24) is 18.9 Å². The zero-order chi connectivity index (χ0) is 29.7. The van der Waals surface area contributed by atoms with E-state index in [0.717, 1.165) is 56.7 Å². The predicted octanol–water partition coefficient (Wildman–Crippen LogP) is 4.08. The molecule has 0 spiro atoms. The topological polar surface area (TPSA) is 109 Å². The van der Waals surface area contributed by atoms with Crippen molar-refractivity contribution in [3.63, 3.8) is 0 Å². The van der Waals surface area contributed by atoms with Crippen LogP contribution in [0.5, 0.6) is 0 Å². The van der Waals surface area contributed by atoms with Crippen molar-refractivity contribution in [2.45, 2.75) is 44.4 Å². The number of imide groups is 1. The molecule has 0 aliphatic carbocycles. The highest BCUT2D eigenvalue weighted by atomic mass is 35.5. The Morgan fingerprint density at radius 2 is 1.43 bits per heavy atom. The van der Waals surface area contributed by atoms with Crippen LogP contribution in [0.1, 0.15) is 46.8 Å². The van der Waals surface area contributed by atoms with Crippen LogP contribution in [0.25, 0.3) is 43.6 Å². The van der Waals surface area contributed by atoms with Gasteiger partial charge in [-0.15, -0.1) is 12.4 Å². The molecule has 3 aromatic carbocycles. The van der Waals surface area contributed by atoms with E-state index < -0.39 is 30.6 Å². The maximum atomic E-state index is 14.3. The SMILES string of the molecule is CCN(CC)CCN1C(=O)c2c(c3c4ccccc4n4c3c3c2c2ccccc2n3[C@H]2[C@@H](O)[C@H](OC)[C@@H](CO)O[C@H]24)C1=O.Cl. The Morgan fingerprint density at radius 3 is 1.98 bits per heavy atom. The number of methoxy groups -OCH3 is 1. The van der Waals surface area contributed by atoms with Crippen LogP contribution in [0.3, 0.4) is 0 Å². The minimum atomic E-state index is -1.03. The van der Waals surface area contributed by atoms with Crippen molar-refractivity contribution < 1.29 is 29.3 Å². The molecule has 0 unspecified atom stereocenters. The second-order valence-corrected chi connectivity index (χ2v) is 11.7. The summed E-state index contributed by atoms with van der Waals surface area (Å²) in [6.07, 6.45) is -3.25. The minimum Gasteiger partial charge on any atom is -0.394 e. The molecular weight excluding hydrogens is 584 g/mol. The molecule has 2 aromatic heterocycles. The second-order valence-electron chi connectivity index (χ2n) is 11.7. The smallest absolute Gasteiger partial charge is 0.262 e. The highest BCUT2D eigenvalue weighted by molar-refractivity contribution is 6.39. The van der Waals surface area contributed by atoms with E-state index >= 15 is 0 Å². The fourth-order valence-electron chi connectivity index (χ4n) is 7.95. The van der Waals surface area contributed by atoms with Gasteiger partial charge in [-0.1, -0.05) is 50.2 Å². The number of nitrogens with zero attached hydrogens (tertiary/aromatic N) is 4. The van der Waals surface area contributed by atoms with Gasteiger partial charge in [0.25, 0.3) is 11.8 Å². The lowest BCUT2D eigenvalue weighted by Gasteiger charge is -2.47. The van der Waals surface area contributed by atoms with Gasteiger partial charge in [0.1, 0.15) is 24.4 Å². The molecule has 8 rings (SSSR count). The minimum absolute atomic E-state index is 0. The first-order chi connectivity index (χ1) is 21.0. The van der Waals surface area contributed by atoms with E-state index in [0.29, 0.717) is 24.2 Å². The van der Waals surface area contributed by atoms with Crippen molar-refractivity contribution in [2.75, 3.05) is 39.9 Å². The van der Waals surface area contributed by atoms with Crippen LogP contribution in [0.15, 0.2) is 48.5 Å². The van der Waals surface area contributed by atoms with Crippen LogP contribution >= 0.6 is 12.4 Å². The molecule has 0 saturated carbocycles. The summed E-state index contributed by atoms with van der Waals surface area (Å²) in [6.45, 7) is 6.38. The van der Waals surface area contributed by atoms with Gasteiger partial charge in [-0.2, -0.15) is 0 Å². The largest absolute Gasteiger partial charge is 0.394 e. The average molecular weight is 619 g/mol. The molecule has 230 valence electrons. The molecule has 5 heterocycles. The Hall–Kier alpha value is -3.51. The summed E-state index contributed by atoms with van der Waals surface area (Å²) >= 11 is 0. The van der Waals surface area contributed by atoms with Crippen LogP contribution in [-0.2, 0) is 9.47 Å². The Kier molecular flexibility index (Phi) is 7.00. The number of carbonyl (C=O) groups excluding carboxylic acids is 2. The van der Waals surface area contributed by atoms with Crippen LogP contribution in [-0.4, -0.2) is 99.2 Å². The first kappa shape index (κ1) is 29.2. The van der Waals surface area contributed by atoms with E-state index in [2.05, 4.69) is 27.9 Å². The van der Waals surface area contributed by atoms with E-state index in [9.17, 15) is 19.8 Å². The van der Waals surface area contributed by atoms with Crippen LogP contribution in [0.2, 0.25) is 0 Å². The highest BCUT2D eigenvalue weighted by Crippen LogP contribution is 2.54. The zero-order valence-corrected chi connectivity index (χ0v) is 25.6. The molecule has 2 amide bonds. The lowest BCUT2D eigenvalue weighted by atomic mass is 9.93. The number of benzene rings is 3. The van der Waals surface area contributed by atoms with E-state index in [4.69, 9.17) is 9.47 Å². The summed E-state index contributed by atoms with van der Waals surface area (Å²) in [5, 5.41) is 25.3. The van der Waals surface area contributed by atoms with E-state index in [1.54, 1.807) is 0 Å². The molecule has 3 aliphatic rings. The molecule has 2 N–H and O–H groups in total. The number of halogens is 1. The molecule has 1 saturated heterocycles. The number of likely N-dealkylation sites (N-methyl/N-ethyl adjacent to an activating group) is 1. The molecular formula is C33H35ClN4O6. The first-order valence-electron chi connectivity index (χ1n) is 15.0. The fraction of sp³-hybridized carbons (Fsp3) is 0.394. The third-order valence-corrected chi connectivity index (χ3v) is 9.91. The van der Waals surface area contributed by atoms with Gasteiger partial charge in [-0.3, -0.25) is 14.5 Å². The van der Waals surface area contributed by atoms with Gasteiger partial charge < -0.3 is 33.7 Å². The number of hydrogen-bond donors (Lipinski definition) is 2. The zero-order valence-electron chi connectivity index (χ0n) is 24.8. The summed E-state index contributed by atoms with van der Waals surface area (Å²) < 4.78 is 16.4. The Labute approximate surface area is 259 Å². The number of aliphatic hydroxyl groups excluding tert-OH is 2. The van der Waals surface area contributed by atoms with Gasteiger partial charge in [0, 0.05) is 47.3 Å². The van der Waals surface area contributed by atoms with Crippen LogP contribution in [0, 0.1) is 0 Å². The number of aromatic nitrogens is 2. The number of carbonyl (C=O) groups is 2.